The van der Waals surface area contributed by atoms with E-state index in [1.165, 1.54) is 4.31 Å². The minimum atomic E-state index is -3.46. The molecule has 31 heavy (non-hydrogen) atoms. The van der Waals surface area contributed by atoms with Gasteiger partial charge in [0, 0.05) is 44.6 Å². The monoisotopic (exact) mass is 454 g/mol. The standard InChI is InChI=1S/C21H30N2O7S/c24-20(17-3-1-4-18(15-17)28-16-19-5-2-11-27-19)22-8-14-31(25,26)23-9-6-21(7-10-23)29-12-13-30-21/h1,3-4,15,19H,2,5-14,16H2,(H,22,24)/t19-/m1/s1. The summed E-state index contributed by atoms with van der Waals surface area (Å²) in [5.41, 5.74) is 0.428. The summed E-state index contributed by atoms with van der Waals surface area (Å²) >= 11 is 0. The van der Waals surface area contributed by atoms with E-state index in [9.17, 15) is 13.2 Å². The van der Waals surface area contributed by atoms with E-state index in [-0.39, 0.29) is 24.3 Å². The normalized spacial score (nSPS) is 23.8. The maximum Gasteiger partial charge on any atom is 0.251 e. The fraction of sp³-hybridized carbons (Fsp3) is 0.667. The van der Waals surface area contributed by atoms with Crippen LogP contribution in [0.15, 0.2) is 24.3 Å². The Morgan fingerprint density at radius 1 is 1.19 bits per heavy atom. The molecule has 0 saturated carbocycles. The van der Waals surface area contributed by atoms with Gasteiger partial charge in [0.15, 0.2) is 5.79 Å². The molecule has 1 amide bonds. The van der Waals surface area contributed by atoms with Crippen LogP contribution in [0.2, 0.25) is 0 Å². The number of carbonyl (C=O) groups is 1. The largest absolute Gasteiger partial charge is 0.491 e. The number of hydrogen-bond acceptors (Lipinski definition) is 7. The van der Waals surface area contributed by atoms with Gasteiger partial charge in [0.1, 0.15) is 12.4 Å². The number of rotatable bonds is 8. The summed E-state index contributed by atoms with van der Waals surface area (Å²) in [6.07, 6.45) is 3.17. The highest BCUT2D eigenvalue weighted by Crippen LogP contribution is 2.32. The van der Waals surface area contributed by atoms with Crippen LogP contribution in [-0.4, -0.2) is 82.3 Å². The maximum absolute atomic E-state index is 12.6. The molecule has 3 aliphatic heterocycles. The molecule has 1 N–H and O–H groups in total. The first-order valence-corrected chi connectivity index (χ1v) is 12.5. The Morgan fingerprint density at radius 3 is 2.68 bits per heavy atom. The molecule has 10 heteroatoms. The Balaban J connectivity index is 1.22. The van der Waals surface area contributed by atoms with Crippen LogP contribution >= 0.6 is 0 Å². The Morgan fingerprint density at radius 2 is 1.97 bits per heavy atom. The van der Waals surface area contributed by atoms with E-state index in [1.54, 1.807) is 24.3 Å². The van der Waals surface area contributed by atoms with E-state index >= 15 is 0 Å². The van der Waals surface area contributed by atoms with Gasteiger partial charge in [0.2, 0.25) is 10.0 Å². The molecular formula is C21H30N2O7S. The zero-order chi connectivity index (χ0) is 21.7. The van der Waals surface area contributed by atoms with E-state index in [0.717, 1.165) is 19.4 Å². The molecule has 0 aliphatic carbocycles. The lowest BCUT2D eigenvalue weighted by Gasteiger charge is -2.36. The van der Waals surface area contributed by atoms with Gasteiger partial charge in [-0.25, -0.2) is 12.7 Å². The van der Waals surface area contributed by atoms with E-state index in [2.05, 4.69) is 5.32 Å². The molecule has 0 unspecified atom stereocenters. The second-order valence-corrected chi connectivity index (χ2v) is 10.1. The van der Waals surface area contributed by atoms with Gasteiger partial charge < -0.3 is 24.3 Å². The molecule has 3 aliphatic rings. The van der Waals surface area contributed by atoms with Crippen molar-refractivity contribution in [1.82, 2.24) is 9.62 Å². The molecule has 0 bridgehead atoms. The van der Waals surface area contributed by atoms with Crippen LogP contribution in [-0.2, 0) is 24.2 Å². The minimum absolute atomic E-state index is 0.0385. The third-order valence-corrected chi connectivity index (χ3v) is 7.76. The smallest absolute Gasteiger partial charge is 0.251 e. The van der Waals surface area contributed by atoms with Crippen molar-refractivity contribution in [2.24, 2.45) is 0 Å². The summed E-state index contributed by atoms with van der Waals surface area (Å²) in [6.45, 7) is 3.09. The number of nitrogens with one attached hydrogen (secondary N) is 1. The van der Waals surface area contributed by atoms with Crippen molar-refractivity contribution in [3.8, 4) is 5.75 Å². The second kappa shape index (κ2) is 9.83. The van der Waals surface area contributed by atoms with Crippen molar-refractivity contribution >= 4 is 15.9 Å². The zero-order valence-corrected chi connectivity index (χ0v) is 18.4. The molecule has 3 fully saturated rings. The van der Waals surface area contributed by atoms with E-state index in [4.69, 9.17) is 18.9 Å². The number of carbonyl (C=O) groups excluding carboxylic acids is 1. The van der Waals surface area contributed by atoms with Crippen LogP contribution in [0.4, 0.5) is 0 Å². The Kier molecular flexibility index (Phi) is 7.12. The van der Waals surface area contributed by atoms with Gasteiger partial charge in [-0.15, -0.1) is 0 Å². The van der Waals surface area contributed by atoms with Gasteiger partial charge in [-0.05, 0) is 31.0 Å². The molecule has 3 heterocycles. The molecule has 0 aromatic heterocycles. The van der Waals surface area contributed by atoms with E-state index in [1.807, 2.05) is 0 Å². The van der Waals surface area contributed by atoms with Gasteiger partial charge in [-0.2, -0.15) is 0 Å². The molecule has 1 aromatic rings. The molecule has 4 rings (SSSR count). The highest BCUT2D eigenvalue weighted by Gasteiger charge is 2.42. The van der Waals surface area contributed by atoms with Crippen LogP contribution in [0.25, 0.3) is 0 Å². The first-order chi connectivity index (χ1) is 15.0. The van der Waals surface area contributed by atoms with Crippen molar-refractivity contribution in [2.45, 2.75) is 37.6 Å². The minimum Gasteiger partial charge on any atom is -0.491 e. The number of hydrogen-bond donors (Lipinski definition) is 1. The van der Waals surface area contributed by atoms with Crippen molar-refractivity contribution in [3.63, 3.8) is 0 Å². The van der Waals surface area contributed by atoms with Crippen LogP contribution < -0.4 is 10.1 Å². The SMILES string of the molecule is O=C(NCCS(=O)(=O)N1CCC2(CC1)OCCO2)c1cccc(OC[C@H]2CCCO2)c1. The summed E-state index contributed by atoms with van der Waals surface area (Å²) in [7, 11) is -3.46. The fourth-order valence-electron chi connectivity index (χ4n) is 4.11. The summed E-state index contributed by atoms with van der Waals surface area (Å²) in [6, 6.07) is 6.86. The van der Waals surface area contributed by atoms with E-state index < -0.39 is 15.8 Å². The summed E-state index contributed by atoms with van der Waals surface area (Å²) in [5.74, 6) is -0.502. The van der Waals surface area contributed by atoms with Gasteiger partial charge in [0.25, 0.3) is 5.91 Å². The average molecular weight is 455 g/mol. The summed E-state index contributed by atoms with van der Waals surface area (Å²) in [4.78, 5) is 12.5. The summed E-state index contributed by atoms with van der Waals surface area (Å²) in [5, 5.41) is 2.69. The summed E-state index contributed by atoms with van der Waals surface area (Å²) < 4.78 is 49.3. The molecule has 9 nitrogen and oxygen atoms in total. The number of benzene rings is 1. The first kappa shape index (κ1) is 22.5. The van der Waals surface area contributed by atoms with Gasteiger partial charge in [-0.1, -0.05) is 6.07 Å². The number of amides is 1. The predicted molar refractivity (Wildman–Crippen MR) is 112 cm³/mol. The lowest BCUT2D eigenvalue weighted by Crippen LogP contribution is -2.48. The van der Waals surface area contributed by atoms with Crippen LogP contribution in [0.1, 0.15) is 36.0 Å². The molecule has 1 aromatic carbocycles. The van der Waals surface area contributed by atoms with Crippen molar-refractivity contribution in [1.29, 1.82) is 0 Å². The molecule has 3 saturated heterocycles. The molecule has 0 radical (unpaired) electrons. The lowest BCUT2D eigenvalue weighted by atomic mass is 10.1. The van der Waals surface area contributed by atoms with Gasteiger partial charge >= 0.3 is 0 Å². The maximum atomic E-state index is 12.6. The third-order valence-electron chi connectivity index (χ3n) is 5.89. The molecule has 172 valence electrons. The number of nitrogens with zero attached hydrogens (tertiary/aromatic N) is 1. The van der Waals surface area contributed by atoms with E-state index in [0.29, 0.717) is 57.1 Å². The Hall–Kier alpha value is -1.72. The van der Waals surface area contributed by atoms with Gasteiger partial charge in [0.05, 0.1) is 25.1 Å². The lowest BCUT2D eigenvalue weighted by molar-refractivity contribution is -0.179. The fourth-order valence-corrected chi connectivity index (χ4v) is 5.46. The van der Waals surface area contributed by atoms with Crippen molar-refractivity contribution in [2.75, 3.05) is 51.8 Å². The average Bonchev–Trinajstić information content (AvgIpc) is 3.45. The number of sulfonamides is 1. The van der Waals surface area contributed by atoms with Crippen LogP contribution in [0.5, 0.6) is 5.75 Å². The topological polar surface area (TPSA) is 103 Å². The Bertz CT molecular complexity index is 854. The van der Waals surface area contributed by atoms with Gasteiger partial charge in [-0.3, -0.25) is 4.79 Å². The first-order valence-electron chi connectivity index (χ1n) is 10.8. The second-order valence-electron chi connectivity index (χ2n) is 8.05. The zero-order valence-electron chi connectivity index (χ0n) is 17.6. The number of piperidine rings is 1. The Labute approximate surface area is 183 Å². The quantitative estimate of drug-likeness (QED) is 0.628. The third kappa shape index (κ3) is 5.75. The van der Waals surface area contributed by atoms with Crippen LogP contribution in [0, 0.1) is 0 Å². The molecular weight excluding hydrogens is 424 g/mol. The highest BCUT2D eigenvalue weighted by molar-refractivity contribution is 7.89. The molecule has 1 atom stereocenters. The van der Waals surface area contributed by atoms with Crippen LogP contribution in [0.3, 0.4) is 0 Å². The predicted octanol–water partition coefficient (Wildman–Crippen LogP) is 1.14. The van der Waals surface area contributed by atoms with Crippen molar-refractivity contribution < 1.29 is 32.2 Å². The number of ether oxygens (including phenoxy) is 4. The highest BCUT2D eigenvalue weighted by atomic mass is 32.2. The molecule has 1 spiro atoms. The van der Waals surface area contributed by atoms with Crippen molar-refractivity contribution in [3.05, 3.63) is 29.8 Å².